The monoisotopic (exact) mass is 235 g/mol. The van der Waals surface area contributed by atoms with E-state index in [4.69, 9.17) is 16.3 Å². The Kier molecular flexibility index (Phi) is 3.01. The Balaban J connectivity index is 2.55. The Hall–Kier alpha value is -1.68. The molecule has 0 atom stereocenters. The molecule has 0 bridgehead atoms. The van der Waals surface area contributed by atoms with Crippen LogP contribution in [0.15, 0.2) is 24.7 Å². The van der Waals surface area contributed by atoms with Crippen LogP contribution in [0.5, 0.6) is 5.75 Å². The van der Waals surface area contributed by atoms with Gasteiger partial charge in [0.05, 0.1) is 7.11 Å². The van der Waals surface area contributed by atoms with Crippen molar-refractivity contribution in [1.82, 2.24) is 15.0 Å². The maximum Gasteiger partial charge on any atom is 0.182 e. The van der Waals surface area contributed by atoms with Gasteiger partial charge in [-0.15, -0.1) is 0 Å². The third-order valence-electron chi connectivity index (χ3n) is 2.15. The van der Waals surface area contributed by atoms with Crippen LogP contribution in [0, 0.1) is 6.92 Å². The predicted octanol–water partition coefficient (Wildman–Crippen LogP) is 2.51. The van der Waals surface area contributed by atoms with Crippen molar-refractivity contribution in [2.75, 3.05) is 7.11 Å². The predicted molar refractivity (Wildman–Crippen MR) is 61.6 cm³/mol. The van der Waals surface area contributed by atoms with E-state index in [0.29, 0.717) is 16.6 Å². The van der Waals surface area contributed by atoms with Crippen LogP contribution in [-0.4, -0.2) is 22.1 Å². The van der Waals surface area contributed by atoms with Crippen LogP contribution in [-0.2, 0) is 0 Å². The van der Waals surface area contributed by atoms with Crippen molar-refractivity contribution in [2.24, 2.45) is 0 Å². The molecule has 0 saturated heterocycles. The third kappa shape index (κ3) is 1.97. The van der Waals surface area contributed by atoms with E-state index in [2.05, 4.69) is 15.0 Å². The summed E-state index contributed by atoms with van der Waals surface area (Å²) >= 11 is 5.91. The van der Waals surface area contributed by atoms with E-state index in [1.165, 1.54) is 13.4 Å². The number of rotatable bonds is 2. The highest BCUT2D eigenvalue weighted by molar-refractivity contribution is 6.31. The number of ether oxygens (including phenoxy) is 1. The topological polar surface area (TPSA) is 47.9 Å². The molecule has 0 amide bonds. The molecule has 0 radical (unpaired) electrons. The minimum Gasteiger partial charge on any atom is -0.491 e. The number of hydrogen-bond donors (Lipinski definition) is 0. The maximum absolute atomic E-state index is 5.91. The van der Waals surface area contributed by atoms with E-state index >= 15 is 0 Å². The quantitative estimate of drug-likeness (QED) is 0.751. The lowest BCUT2D eigenvalue weighted by Gasteiger charge is -2.07. The van der Waals surface area contributed by atoms with Crippen LogP contribution in [0.3, 0.4) is 0 Å². The van der Waals surface area contributed by atoms with Gasteiger partial charge in [-0.1, -0.05) is 11.6 Å². The fourth-order valence-corrected chi connectivity index (χ4v) is 1.56. The first-order valence-corrected chi connectivity index (χ1v) is 5.07. The molecule has 2 rings (SSSR count). The van der Waals surface area contributed by atoms with Gasteiger partial charge in [0.2, 0.25) is 0 Å². The zero-order chi connectivity index (χ0) is 11.5. The SMILES string of the molecule is COc1c(Cl)ncnc1-c1ccc(C)nc1. The maximum atomic E-state index is 5.91. The third-order valence-corrected chi connectivity index (χ3v) is 2.42. The first kappa shape index (κ1) is 10.8. The van der Waals surface area contributed by atoms with E-state index in [1.54, 1.807) is 6.20 Å². The molecule has 2 aromatic rings. The lowest BCUT2D eigenvalue weighted by atomic mass is 10.2. The summed E-state index contributed by atoms with van der Waals surface area (Å²) < 4.78 is 5.18. The summed E-state index contributed by atoms with van der Waals surface area (Å²) in [5.74, 6) is 0.467. The highest BCUT2D eigenvalue weighted by Crippen LogP contribution is 2.31. The van der Waals surface area contributed by atoms with E-state index in [1.807, 2.05) is 19.1 Å². The van der Waals surface area contributed by atoms with Crippen LogP contribution in [0.25, 0.3) is 11.3 Å². The number of pyridine rings is 1. The first-order chi connectivity index (χ1) is 7.72. The van der Waals surface area contributed by atoms with Crippen LogP contribution in [0.1, 0.15) is 5.69 Å². The Labute approximate surface area is 98.3 Å². The molecule has 4 nitrogen and oxygen atoms in total. The van der Waals surface area contributed by atoms with Gasteiger partial charge >= 0.3 is 0 Å². The van der Waals surface area contributed by atoms with E-state index in [9.17, 15) is 0 Å². The molecule has 0 fully saturated rings. The second kappa shape index (κ2) is 4.45. The summed E-state index contributed by atoms with van der Waals surface area (Å²) in [5.41, 5.74) is 2.45. The molecule has 2 heterocycles. The standard InChI is InChI=1S/C11H10ClN3O/c1-7-3-4-8(5-13-7)9-10(16-2)11(12)15-6-14-9/h3-6H,1-2H3. The summed E-state index contributed by atoms with van der Waals surface area (Å²) in [5, 5.41) is 0.299. The second-order valence-electron chi connectivity index (χ2n) is 3.23. The van der Waals surface area contributed by atoms with E-state index in [-0.39, 0.29) is 0 Å². The van der Waals surface area contributed by atoms with Crippen molar-refractivity contribution in [2.45, 2.75) is 6.92 Å². The highest BCUT2D eigenvalue weighted by Gasteiger charge is 2.12. The minimum absolute atomic E-state index is 0.299. The van der Waals surface area contributed by atoms with Gasteiger partial charge in [-0.25, -0.2) is 9.97 Å². The van der Waals surface area contributed by atoms with Gasteiger partial charge in [0.25, 0.3) is 0 Å². The van der Waals surface area contributed by atoms with Gasteiger partial charge in [0, 0.05) is 17.5 Å². The Bertz CT molecular complexity index is 499. The Morgan fingerprint density at radius 1 is 1.19 bits per heavy atom. The van der Waals surface area contributed by atoms with E-state index in [0.717, 1.165) is 11.3 Å². The molecule has 2 aromatic heterocycles. The van der Waals surface area contributed by atoms with E-state index < -0.39 is 0 Å². The second-order valence-corrected chi connectivity index (χ2v) is 3.59. The number of nitrogens with zero attached hydrogens (tertiary/aromatic N) is 3. The number of halogens is 1. The molecule has 16 heavy (non-hydrogen) atoms. The Morgan fingerprint density at radius 3 is 2.62 bits per heavy atom. The summed E-state index contributed by atoms with van der Waals surface area (Å²) in [7, 11) is 1.54. The molecule has 0 aromatic carbocycles. The summed E-state index contributed by atoms with van der Waals surface area (Å²) in [6, 6.07) is 3.83. The van der Waals surface area contributed by atoms with Gasteiger partial charge in [-0.05, 0) is 19.1 Å². The van der Waals surface area contributed by atoms with Gasteiger partial charge in [-0.3, -0.25) is 4.98 Å². The van der Waals surface area contributed by atoms with Gasteiger partial charge < -0.3 is 4.74 Å². The smallest absolute Gasteiger partial charge is 0.182 e. The van der Waals surface area contributed by atoms with Crippen molar-refractivity contribution in [3.05, 3.63) is 35.5 Å². The van der Waals surface area contributed by atoms with Crippen LogP contribution in [0.4, 0.5) is 0 Å². The zero-order valence-electron chi connectivity index (χ0n) is 8.94. The molecular formula is C11H10ClN3O. The molecule has 0 aliphatic rings. The average Bonchev–Trinajstić information content (AvgIpc) is 2.30. The van der Waals surface area contributed by atoms with Crippen LogP contribution in [0.2, 0.25) is 5.15 Å². The molecule has 82 valence electrons. The normalized spacial score (nSPS) is 10.2. The summed E-state index contributed by atoms with van der Waals surface area (Å²) in [6.45, 7) is 1.92. The zero-order valence-corrected chi connectivity index (χ0v) is 9.69. The molecule has 0 aliphatic heterocycles. The van der Waals surface area contributed by atoms with Crippen molar-refractivity contribution in [3.63, 3.8) is 0 Å². The van der Waals surface area contributed by atoms with Gasteiger partial charge in [-0.2, -0.15) is 0 Å². The molecule has 0 N–H and O–H groups in total. The molecule has 0 unspecified atom stereocenters. The molecular weight excluding hydrogens is 226 g/mol. The molecule has 0 saturated carbocycles. The number of aromatic nitrogens is 3. The first-order valence-electron chi connectivity index (χ1n) is 4.70. The van der Waals surface area contributed by atoms with Crippen molar-refractivity contribution < 1.29 is 4.74 Å². The molecule has 5 heteroatoms. The van der Waals surface area contributed by atoms with Gasteiger partial charge in [0.15, 0.2) is 10.9 Å². The largest absolute Gasteiger partial charge is 0.491 e. The van der Waals surface area contributed by atoms with Gasteiger partial charge in [0.1, 0.15) is 12.0 Å². The molecule has 0 aliphatic carbocycles. The van der Waals surface area contributed by atoms with Crippen molar-refractivity contribution in [3.8, 4) is 17.0 Å². The average molecular weight is 236 g/mol. The fourth-order valence-electron chi connectivity index (χ4n) is 1.35. The van der Waals surface area contributed by atoms with Crippen molar-refractivity contribution in [1.29, 1.82) is 0 Å². The Morgan fingerprint density at radius 2 is 2.00 bits per heavy atom. The lowest BCUT2D eigenvalue weighted by molar-refractivity contribution is 0.413. The number of aryl methyl sites for hydroxylation is 1. The lowest BCUT2D eigenvalue weighted by Crippen LogP contribution is -1.95. The number of methoxy groups -OCH3 is 1. The highest BCUT2D eigenvalue weighted by atomic mass is 35.5. The van der Waals surface area contributed by atoms with Crippen LogP contribution < -0.4 is 4.74 Å². The molecule has 0 spiro atoms. The fraction of sp³-hybridized carbons (Fsp3) is 0.182. The summed E-state index contributed by atoms with van der Waals surface area (Å²) in [4.78, 5) is 12.2. The summed E-state index contributed by atoms with van der Waals surface area (Å²) in [6.07, 6.45) is 3.14. The van der Waals surface area contributed by atoms with Crippen molar-refractivity contribution >= 4 is 11.6 Å². The minimum atomic E-state index is 0.299. The van der Waals surface area contributed by atoms with Crippen LogP contribution >= 0.6 is 11.6 Å². The number of hydrogen-bond acceptors (Lipinski definition) is 4.